The lowest BCUT2D eigenvalue weighted by atomic mass is 10.1. The van der Waals surface area contributed by atoms with Gasteiger partial charge >= 0.3 is 7.60 Å². The maximum atomic E-state index is 12.3. The van der Waals surface area contributed by atoms with Gasteiger partial charge in [-0.25, -0.2) is 4.57 Å². The van der Waals surface area contributed by atoms with Gasteiger partial charge in [0.1, 0.15) is 5.75 Å². The van der Waals surface area contributed by atoms with Crippen LogP contribution in [0.15, 0.2) is 42.5 Å². The molecule has 2 rings (SSSR count). The second-order valence-corrected chi connectivity index (χ2v) is 6.35. The lowest BCUT2D eigenvalue weighted by Gasteiger charge is -2.16. The van der Waals surface area contributed by atoms with Gasteiger partial charge < -0.3 is 9.42 Å². The van der Waals surface area contributed by atoms with Gasteiger partial charge in [-0.1, -0.05) is 24.3 Å². The van der Waals surface area contributed by atoms with E-state index in [4.69, 9.17) is 4.52 Å². The molecule has 100 valence electrons. The van der Waals surface area contributed by atoms with Crippen LogP contribution in [0.4, 0.5) is 0 Å². The van der Waals surface area contributed by atoms with Gasteiger partial charge in [0.05, 0.1) is 5.30 Å². The summed E-state index contributed by atoms with van der Waals surface area (Å²) in [5.74, 6) is 0.414. The Labute approximate surface area is 113 Å². The second kappa shape index (κ2) is 5.20. The smallest absolute Gasteiger partial charge is 0.408 e. The van der Waals surface area contributed by atoms with Crippen LogP contribution in [0.25, 0.3) is 0 Å². The first-order chi connectivity index (χ1) is 8.90. The van der Waals surface area contributed by atoms with Gasteiger partial charge in [-0.05, 0) is 55.7 Å². The lowest BCUT2D eigenvalue weighted by molar-refractivity contribution is 0.393. The predicted octanol–water partition coefficient (Wildman–Crippen LogP) is 3.50. The van der Waals surface area contributed by atoms with Crippen molar-refractivity contribution in [3.8, 4) is 5.75 Å². The van der Waals surface area contributed by atoms with Crippen molar-refractivity contribution >= 4 is 12.9 Å². The van der Waals surface area contributed by atoms with E-state index in [2.05, 4.69) is 0 Å². The molecule has 4 heteroatoms. The highest BCUT2D eigenvalue weighted by atomic mass is 31.2. The average Bonchev–Trinajstić information content (AvgIpc) is 2.34. The van der Waals surface area contributed by atoms with Crippen molar-refractivity contribution in [2.75, 3.05) is 0 Å². The number of hydrogen-bond acceptors (Lipinski definition) is 2. The third-order valence-corrected chi connectivity index (χ3v) is 4.70. The first-order valence-corrected chi connectivity index (χ1v) is 7.64. The van der Waals surface area contributed by atoms with Crippen molar-refractivity contribution in [1.82, 2.24) is 0 Å². The Morgan fingerprint density at radius 2 is 1.63 bits per heavy atom. The molecular weight excluding hydrogens is 259 g/mol. The van der Waals surface area contributed by atoms with Crippen molar-refractivity contribution in [1.29, 1.82) is 0 Å². The molecule has 0 aliphatic rings. The molecule has 0 aliphatic heterocycles. The largest absolute Gasteiger partial charge is 0.421 e. The summed E-state index contributed by atoms with van der Waals surface area (Å²) >= 11 is 0. The summed E-state index contributed by atoms with van der Waals surface area (Å²) in [7, 11) is -3.84. The van der Waals surface area contributed by atoms with E-state index in [-0.39, 0.29) is 0 Å². The second-order valence-electron chi connectivity index (χ2n) is 4.64. The molecule has 0 spiro atoms. The Balaban J connectivity index is 2.34. The molecule has 0 fully saturated rings. The summed E-state index contributed by atoms with van der Waals surface area (Å²) in [5, 5.41) is 0.341. The van der Waals surface area contributed by atoms with Gasteiger partial charge in [0.25, 0.3) is 0 Å². The van der Waals surface area contributed by atoms with Crippen LogP contribution in [-0.4, -0.2) is 4.89 Å². The number of rotatable bonds is 3. The van der Waals surface area contributed by atoms with Crippen molar-refractivity contribution in [3.05, 3.63) is 59.2 Å². The zero-order valence-corrected chi connectivity index (χ0v) is 12.1. The molecule has 1 atom stereocenters. The van der Waals surface area contributed by atoms with Gasteiger partial charge in [-0.2, -0.15) is 0 Å². The SMILES string of the molecule is Cc1ccc(OP(=O)(O)c2ccccc2C)cc1C. The summed E-state index contributed by atoms with van der Waals surface area (Å²) in [5.41, 5.74) is 2.90. The van der Waals surface area contributed by atoms with Crippen LogP contribution >= 0.6 is 7.60 Å². The lowest BCUT2D eigenvalue weighted by Crippen LogP contribution is -2.12. The van der Waals surface area contributed by atoms with Crippen LogP contribution in [-0.2, 0) is 4.57 Å². The molecule has 2 aromatic carbocycles. The highest BCUT2D eigenvalue weighted by Crippen LogP contribution is 2.42. The first kappa shape index (κ1) is 13.9. The van der Waals surface area contributed by atoms with Gasteiger partial charge in [0.15, 0.2) is 0 Å². The molecule has 0 aliphatic carbocycles. The van der Waals surface area contributed by atoms with E-state index in [0.29, 0.717) is 11.1 Å². The zero-order chi connectivity index (χ0) is 14.0. The highest BCUT2D eigenvalue weighted by molar-refractivity contribution is 7.61. The molecular formula is C15H17O3P. The summed E-state index contributed by atoms with van der Waals surface area (Å²) in [6, 6.07) is 12.3. The molecule has 0 aromatic heterocycles. The van der Waals surface area contributed by atoms with Crippen LogP contribution in [0, 0.1) is 20.8 Å². The van der Waals surface area contributed by atoms with Crippen molar-refractivity contribution in [2.24, 2.45) is 0 Å². The van der Waals surface area contributed by atoms with E-state index in [1.54, 1.807) is 37.3 Å². The molecule has 0 saturated carbocycles. The Morgan fingerprint density at radius 3 is 2.26 bits per heavy atom. The summed E-state index contributed by atoms with van der Waals surface area (Å²) in [4.78, 5) is 10.1. The quantitative estimate of drug-likeness (QED) is 0.873. The molecule has 19 heavy (non-hydrogen) atoms. The molecule has 0 radical (unpaired) electrons. The Hall–Kier alpha value is -1.57. The third-order valence-electron chi connectivity index (χ3n) is 3.13. The first-order valence-electron chi connectivity index (χ1n) is 6.06. The van der Waals surface area contributed by atoms with Crippen LogP contribution in [0.5, 0.6) is 5.75 Å². The number of benzene rings is 2. The van der Waals surface area contributed by atoms with Crippen LogP contribution in [0.1, 0.15) is 16.7 Å². The minimum atomic E-state index is -3.84. The fourth-order valence-corrected chi connectivity index (χ4v) is 3.14. The van der Waals surface area contributed by atoms with Gasteiger partial charge in [0.2, 0.25) is 0 Å². The topological polar surface area (TPSA) is 46.5 Å². The van der Waals surface area contributed by atoms with E-state index in [0.717, 1.165) is 16.7 Å². The third kappa shape index (κ3) is 3.06. The fraction of sp³-hybridized carbons (Fsp3) is 0.200. The van der Waals surface area contributed by atoms with Crippen LogP contribution < -0.4 is 9.83 Å². The minimum absolute atomic E-state index is 0.341. The van der Waals surface area contributed by atoms with Gasteiger partial charge in [-0.3, -0.25) is 0 Å². The molecule has 1 N–H and O–H groups in total. The van der Waals surface area contributed by atoms with Crippen LogP contribution in [0.2, 0.25) is 0 Å². The molecule has 0 heterocycles. The van der Waals surface area contributed by atoms with E-state index in [9.17, 15) is 9.46 Å². The van der Waals surface area contributed by atoms with E-state index >= 15 is 0 Å². The number of aryl methyl sites for hydroxylation is 3. The van der Waals surface area contributed by atoms with Gasteiger partial charge in [-0.15, -0.1) is 0 Å². The van der Waals surface area contributed by atoms with Crippen molar-refractivity contribution in [3.63, 3.8) is 0 Å². The fourth-order valence-electron chi connectivity index (χ4n) is 1.84. The molecule has 0 amide bonds. The predicted molar refractivity (Wildman–Crippen MR) is 77.2 cm³/mol. The van der Waals surface area contributed by atoms with Crippen molar-refractivity contribution < 1.29 is 14.0 Å². The summed E-state index contributed by atoms with van der Waals surface area (Å²) in [6.07, 6.45) is 0. The molecule has 1 unspecified atom stereocenters. The summed E-state index contributed by atoms with van der Waals surface area (Å²) < 4.78 is 17.7. The Morgan fingerprint density at radius 1 is 0.947 bits per heavy atom. The monoisotopic (exact) mass is 276 g/mol. The minimum Gasteiger partial charge on any atom is -0.421 e. The highest BCUT2D eigenvalue weighted by Gasteiger charge is 2.26. The van der Waals surface area contributed by atoms with E-state index in [1.165, 1.54) is 0 Å². The van der Waals surface area contributed by atoms with Gasteiger partial charge in [0, 0.05) is 0 Å². The van der Waals surface area contributed by atoms with Crippen LogP contribution in [0.3, 0.4) is 0 Å². The Kier molecular flexibility index (Phi) is 3.79. The normalized spacial score (nSPS) is 13.9. The average molecular weight is 276 g/mol. The Bertz CT molecular complexity index is 650. The molecule has 3 nitrogen and oxygen atoms in total. The molecule has 0 saturated heterocycles. The standard InChI is InChI=1S/C15H17O3P/c1-11-8-9-14(10-13(11)3)18-19(16,17)15-7-5-4-6-12(15)2/h4-10H,1-3H3,(H,16,17). The van der Waals surface area contributed by atoms with E-state index in [1.807, 2.05) is 26.0 Å². The maximum absolute atomic E-state index is 12.3. The summed E-state index contributed by atoms with van der Waals surface area (Å²) in [6.45, 7) is 5.72. The molecule has 0 bridgehead atoms. The van der Waals surface area contributed by atoms with Crippen molar-refractivity contribution in [2.45, 2.75) is 20.8 Å². The van der Waals surface area contributed by atoms with E-state index < -0.39 is 7.60 Å². The number of hydrogen-bond donors (Lipinski definition) is 1. The molecule has 2 aromatic rings. The maximum Gasteiger partial charge on any atom is 0.408 e. The zero-order valence-electron chi connectivity index (χ0n) is 11.3.